The van der Waals surface area contributed by atoms with Crippen molar-refractivity contribution in [2.75, 3.05) is 0 Å². The van der Waals surface area contributed by atoms with E-state index in [-0.39, 0.29) is 10.6 Å². The number of carbonyl (C=O) groups excluding carboxylic acids is 1. The van der Waals surface area contributed by atoms with E-state index in [0.29, 0.717) is 20.8 Å². The minimum atomic E-state index is -4.04. The molecule has 3 aromatic rings. The van der Waals surface area contributed by atoms with E-state index in [1.807, 2.05) is 4.72 Å². The summed E-state index contributed by atoms with van der Waals surface area (Å²) in [5, 5.41) is 1.21. The molecular weight excluding hydrogens is 421 g/mol. The number of amides is 1. The van der Waals surface area contributed by atoms with Gasteiger partial charge in [-0.05, 0) is 42.5 Å². The molecule has 1 heterocycles. The average Bonchev–Trinajstić information content (AvgIpc) is 3.04. The normalized spacial score (nSPS) is 11.3. The van der Waals surface area contributed by atoms with Gasteiger partial charge >= 0.3 is 0 Å². The number of rotatable bonds is 4. The van der Waals surface area contributed by atoms with E-state index < -0.39 is 15.9 Å². The molecule has 0 atom stereocenters. The molecule has 134 valence electrons. The van der Waals surface area contributed by atoms with Crippen LogP contribution in [0.5, 0.6) is 0 Å². The van der Waals surface area contributed by atoms with Crippen LogP contribution in [0.1, 0.15) is 10.5 Å². The first-order valence-corrected chi connectivity index (χ1v) is 9.69. The molecule has 0 aliphatic heterocycles. The predicted octanol–water partition coefficient (Wildman–Crippen LogP) is 3.95. The third kappa shape index (κ3) is 4.19. The zero-order chi connectivity index (χ0) is 18.9. The zero-order valence-electron chi connectivity index (χ0n) is 12.9. The van der Waals surface area contributed by atoms with Gasteiger partial charge in [-0.3, -0.25) is 4.79 Å². The minimum absolute atomic E-state index is 0.0846. The Morgan fingerprint density at radius 1 is 0.962 bits per heavy atom. The second kappa shape index (κ2) is 7.28. The first kappa shape index (κ1) is 18.7. The Hall–Kier alpha value is -2.06. The van der Waals surface area contributed by atoms with Crippen LogP contribution in [0.25, 0.3) is 5.69 Å². The summed E-state index contributed by atoms with van der Waals surface area (Å²) in [7, 11) is -4.04. The van der Waals surface area contributed by atoms with Crippen LogP contribution in [0, 0.1) is 0 Å². The summed E-state index contributed by atoms with van der Waals surface area (Å²) in [6.45, 7) is 0. The van der Waals surface area contributed by atoms with Gasteiger partial charge in [-0.25, -0.2) is 18.1 Å². The first-order chi connectivity index (χ1) is 12.2. The van der Waals surface area contributed by atoms with Gasteiger partial charge < -0.3 is 4.57 Å². The summed E-state index contributed by atoms with van der Waals surface area (Å²) in [5.41, 5.74) is 0.494. The number of halogens is 3. The minimum Gasteiger partial charge on any atom is -0.305 e. The van der Waals surface area contributed by atoms with E-state index >= 15 is 0 Å². The van der Waals surface area contributed by atoms with E-state index in [0.717, 1.165) is 0 Å². The predicted molar refractivity (Wildman–Crippen MR) is 99.7 cm³/mol. The number of carbonyl (C=O) groups is 1. The summed E-state index contributed by atoms with van der Waals surface area (Å²) >= 11 is 17.6. The van der Waals surface area contributed by atoms with Crippen LogP contribution in [-0.2, 0) is 10.0 Å². The van der Waals surface area contributed by atoms with E-state index in [9.17, 15) is 13.2 Å². The van der Waals surface area contributed by atoms with Crippen LogP contribution in [0.2, 0.25) is 15.1 Å². The van der Waals surface area contributed by atoms with Crippen molar-refractivity contribution >= 4 is 50.7 Å². The van der Waals surface area contributed by atoms with E-state index in [1.54, 1.807) is 18.2 Å². The molecule has 2 aromatic carbocycles. The number of nitrogens with one attached hydrogen (secondary N) is 1. The van der Waals surface area contributed by atoms with Crippen molar-refractivity contribution < 1.29 is 13.2 Å². The summed E-state index contributed by atoms with van der Waals surface area (Å²) < 4.78 is 28.0. The SMILES string of the molecule is O=C(NS(=O)(=O)c1ccc(Cl)cc1)c1cn(-c2cc(Cl)cc(Cl)c2)cn1. The lowest BCUT2D eigenvalue weighted by Gasteiger charge is -2.05. The van der Waals surface area contributed by atoms with Gasteiger partial charge in [0.2, 0.25) is 0 Å². The molecule has 0 radical (unpaired) electrons. The maximum atomic E-state index is 12.2. The van der Waals surface area contributed by atoms with Crippen molar-refractivity contribution in [3.63, 3.8) is 0 Å². The third-order valence-electron chi connectivity index (χ3n) is 3.31. The fraction of sp³-hybridized carbons (Fsp3) is 0. The molecule has 0 spiro atoms. The van der Waals surface area contributed by atoms with Gasteiger partial charge in [-0.2, -0.15) is 0 Å². The van der Waals surface area contributed by atoms with Crippen molar-refractivity contribution in [2.45, 2.75) is 4.90 Å². The Kier molecular flexibility index (Phi) is 5.24. The van der Waals surface area contributed by atoms with Gasteiger partial charge in [0, 0.05) is 27.0 Å². The molecule has 10 heteroatoms. The molecule has 0 aliphatic rings. The summed E-state index contributed by atoms with van der Waals surface area (Å²) in [4.78, 5) is 16.1. The van der Waals surface area contributed by atoms with Crippen molar-refractivity contribution in [1.29, 1.82) is 0 Å². The molecule has 1 amide bonds. The fourth-order valence-corrected chi connectivity index (χ4v) is 3.72. The maximum Gasteiger partial charge on any atom is 0.285 e. The molecule has 3 rings (SSSR count). The molecule has 0 aliphatic carbocycles. The lowest BCUT2D eigenvalue weighted by atomic mass is 10.3. The van der Waals surface area contributed by atoms with Crippen molar-refractivity contribution in [1.82, 2.24) is 14.3 Å². The van der Waals surface area contributed by atoms with Gasteiger partial charge in [0.05, 0.1) is 4.90 Å². The molecule has 1 N–H and O–H groups in total. The highest BCUT2D eigenvalue weighted by Crippen LogP contribution is 2.22. The molecule has 0 fully saturated rings. The lowest BCUT2D eigenvalue weighted by Crippen LogP contribution is -2.30. The largest absolute Gasteiger partial charge is 0.305 e. The Morgan fingerprint density at radius 3 is 2.19 bits per heavy atom. The number of aromatic nitrogens is 2. The maximum absolute atomic E-state index is 12.2. The van der Waals surface area contributed by atoms with Crippen LogP contribution >= 0.6 is 34.8 Å². The molecule has 0 saturated heterocycles. The number of hydrogen-bond acceptors (Lipinski definition) is 4. The highest BCUT2D eigenvalue weighted by atomic mass is 35.5. The van der Waals surface area contributed by atoms with Crippen LogP contribution in [0.15, 0.2) is 59.9 Å². The number of hydrogen-bond donors (Lipinski definition) is 1. The number of nitrogens with zero attached hydrogens (tertiary/aromatic N) is 2. The van der Waals surface area contributed by atoms with Gasteiger partial charge in [0.15, 0.2) is 0 Å². The van der Waals surface area contributed by atoms with Gasteiger partial charge in [0.25, 0.3) is 15.9 Å². The standard InChI is InChI=1S/C16H10Cl3N3O3S/c17-10-1-3-14(4-2-10)26(24,25)21-16(23)15-8-22(9-20-15)13-6-11(18)5-12(19)7-13/h1-9H,(H,21,23). The highest BCUT2D eigenvalue weighted by molar-refractivity contribution is 7.90. The second-order valence-electron chi connectivity index (χ2n) is 5.18. The topological polar surface area (TPSA) is 81.1 Å². The Labute approximate surface area is 164 Å². The molecular formula is C16H10Cl3N3O3S. The van der Waals surface area contributed by atoms with Crippen LogP contribution in [0.4, 0.5) is 0 Å². The molecule has 6 nitrogen and oxygen atoms in total. The number of sulfonamides is 1. The Bertz CT molecular complexity index is 1060. The van der Waals surface area contributed by atoms with E-state index in [4.69, 9.17) is 34.8 Å². The van der Waals surface area contributed by atoms with Gasteiger partial charge in [0.1, 0.15) is 12.0 Å². The fourth-order valence-electron chi connectivity index (χ4n) is 2.12. The quantitative estimate of drug-likeness (QED) is 0.679. The van der Waals surface area contributed by atoms with Crippen molar-refractivity contribution in [2.24, 2.45) is 0 Å². The third-order valence-corrected chi connectivity index (χ3v) is 5.35. The summed E-state index contributed by atoms with van der Waals surface area (Å²) in [6.07, 6.45) is 2.72. The van der Waals surface area contributed by atoms with Gasteiger partial charge in [-0.15, -0.1) is 0 Å². The van der Waals surface area contributed by atoms with E-state index in [2.05, 4.69) is 4.98 Å². The lowest BCUT2D eigenvalue weighted by molar-refractivity contribution is 0.0977. The molecule has 26 heavy (non-hydrogen) atoms. The van der Waals surface area contributed by atoms with Crippen LogP contribution in [-0.4, -0.2) is 23.9 Å². The first-order valence-electron chi connectivity index (χ1n) is 7.08. The number of benzene rings is 2. The molecule has 1 aromatic heterocycles. The van der Waals surface area contributed by atoms with Crippen LogP contribution < -0.4 is 4.72 Å². The van der Waals surface area contributed by atoms with Crippen molar-refractivity contribution in [3.8, 4) is 5.69 Å². The van der Waals surface area contributed by atoms with E-state index in [1.165, 1.54) is 41.4 Å². The molecule has 0 saturated carbocycles. The number of imidazole rings is 1. The zero-order valence-corrected chi connectivity index (χ0v) is 15.9. The highest BCUT2D eigenvalue weighted by Gasteiger charge is 2.20. The average molecular weight is 431 g/mol. The Morgan fingerprint density at radius 2 is 1.58 bits per heavy atom. The summed E-state index contributed by atoms with van der Waals surface area (Å²) in [5.74, 6) is -0.869. The van der Waals surface area contributed by atoms with Crippen LogP contribution in [0.3, 0.4) is 0 Å². The Balaban J connectivity index is 1.83. The smallest absolute Gasteiger partial charge is 0.285 e. The second-order valence-corrected chi connectivity index (χ2v) is 8.17. The van der Waals surface area contributed by atoms with Crippen molar-refractivity contribution in [3.05, 3.63) is 75.8 Å². The molecule has 0 bridgehead atoms. The molecule has 0 unspecified atom stereocenters. The monoisotopic (exact) mass is 429 g/mol. The van der Waals surface area contributed by atoms with Gasteiger partial charge in [-0.1, -0.05) is 34.8 Å². The summed E-state index contributed by atoms with van der Waals surface area (Å²) in [6, 6.07) is 10.2.